The van der Waals surface area contributed by atoms with Gasteiger partial charge in [0.05, 0.1) is 17.4 Å². The van der Waals surface area contributed by atoms with E-state index in [0.29, 0.717) is 29.1 Å². The number of aliphatic hydroxyl groups is 1. The quantitative estimate of drug-likeness (QED) is 0.434. The maximum absolute atomic E-state index is 15.0. The van der Waals surface area contributed by atoms with Crippen LogP contribution >= 0.6 is 0 Å². The number of aromatic nitrogens is 2. The number of ether oxygens (including phenoxy) is 1. The zero-order chi connectivity index (χ0) is 27.5. The van der Waals surface area contributed by atoms with Crippen molar-refractivity contribution in [1.82, 2.24) is 10.2 Å². The highest BCUT2D eigenvalue weighted by Gasteiger charge is 2.50. The highest BCUT2D eigenvalue weighted by Crippen LogP contribution is 2.47. The van der Waals surface area contributed by atoms with E-state index in [2.05, 4.69) is 15.5 Å². The molecule has 0 fully saturated rings. The third-order valence-corrected chi connectivity index (χ3v) is 7.68. The fourth-order valence-corrected chi connectivity index (χ4v) is 5.28. The largest absolute Gasteiger partial charge is 0.384 e. The van der Waals surface area contributed by atoms with E-state index in [1.54, 1.807) is 31.0 Å². The van der Waals surface area contributed by atoms with Gasteiger partial charge in [0, 0.05) is 36.1 Å². The lowest BCUT2D eigenvalue weighted by atomic mass is 9.87. The molecule has 0 spiro atoms. The Morgan fingerprint density at radius 2 is 1.86 bits per heavy atom. The number of carbonyl (C=O) groups is 1. The van der Waals surface area contributed by atoms with Crippen LogP contribution in [0.1, 0.15) is 68.1 Å². The lowest BCUT2D eigenvalue weighted by Crippen LogP contribution is -2.40. The van der Waals surface area contributed by atoms with Crippen LogP contribution in [0, 0.1) is 13.8 Å². The van der Waals surface area contributed by atoms with Gasteiger partial charge in [0.2, 0.25) is 0 Å². The Balaban J connectivity index is 1.82. The number of nitrogens with one attached hydrogen (secondary N) is 1. The zero-order valence-corrected chi connectivity index (χ0v) is 22.5. The summed E-state index contributed by atoms with van der Waals surface area (Å²) >= 11 is 0. The molecule has 0 bridgehead atoms. The fraction of sp³-hybridized carbons (Fsp3) is 0.464. The summed E-state index contributed by atoms with van der Waals surface area (Å²) in [6.07, 6.45) is 0.462. The van der Waals surface area contributed by atoms with Crippen molar-refractivity contribution < 1.29 is 23.4 Å². The van der Waals surface area contributed by atoms with Gasteiger partial charge in [0.25, 0.3) is 5.91 Å². The van der Waals surface area contributed by atoms with Gasteiger partial charge in [0.1, 0.15) is 5.60 Å². The minimum atomic E-state index is -3.44. The van der Waals surface area contributed by atoms with E-state index in [-0.39, 0.29) is 11.5 Å². The molecule has 1 aliphatic rings. The van der Waals surface area contributed by atoms with Gasteiger partial charge in [-0.1, -0.05) is 25.1 Å². The Labute approximate surface area is 215 Å². The predicted molar refractivity (Wildman–Crippen MR) is 140 cm³/mol. The minimum absolute atomic E-state index is 0.135. The van der Waals surface area contributed by atoms with Crippen molar-refractivity contribution in [2.24, 2.45) is 0 Å². The molecule has 198 valence electrons. The highest BCUT2D eigenvalue weighted by atomic mass is 19.3. The predicted octanol–water partition coefficient (Wildman–Crippen LogP) is 5.51. The second kappa shape index (κ2) is 8.99. The van der Waals surface area contributed by atoms with Gasteiger partial charge < -0.3 is 20.1 Å². The van der Waals surface area contributed by atoms with E-state index in [1.807, 2.05) is 32.9 Å². The number of anilines is 2. The summed E-state index contributed by atoms with van der Waals surface area (Å²) in [5.41, 5.74) is -0.290. The maximum atomic E-state index is 15.0. The first-order valence-corrected chi connectivity index (χ1v) is 12.3. The van der Waals surface area contributed by atoms with E-state index in [1.165, 1.54) is 13.2 Å². The Bertz CT molecular complexity index is 1380. The molecule has 0 saturated heterocycles. The highest BCUT2D eigenvalue weighted by molar-refractivity contribution is 6.10. The van der Waals surface area contributed by atoms with Gasteiger partial charge in [-0.2, -0.15) is 13.9 Å². The first kappa shape index (κ1) is 26.9. The van der Waals surface area contributed by atoms with Crippen LogP contribution in [0.5, 0.6) is 0 Å². The molecule has 9 heteroatoms. The molecular formula is C28H34F2N4O3. The second-order valence-electron chi connectivity index (χ2n) is 10.3. The van der Waals surface area contributed by atoms with Crippen LogP contribution in [-0.2, 0) is 21.1 Å². The summed E-state index contributed by atoms with van der Waals surface area (Å²) in [6.45, 7) is 9.45. The fourth-order valence-electron chi connectivity index (χ4n) is 5.28. The summed E-state index contributed by atoms with van der Waals surface area (Å²) < 4.78 is 35.9. The number of aryl methyl sites for hydroxylation is 1. The van der Waals surface area contributed by atoms with Crippen molar-refractivity contribution in [3.63, 3.8) is 0 Å². The summed E-state index contributed by atoms with van der Waals surface area (Å²) in [6, 6.07) is 8.12. The third-order valence-electron chi connectivity index (χ3n) is 7.68. The molecule has 3 aromatic rings. The van der Waals surface area contributed by atoms with Gasteiger partial charge in [-0.25, -0.2) is 0 Å². The molecule has 2 atom stereocenters. The van der Waals surface area contributed by atoms with Crippen molar-refractivity contribution >= 4 is 28.2 Å². The lowest BCUT2D eigenvalue weighted by molar-refractivity contribution is -0.168. The number of fused-ring (bicyclic) bond motifs is 2. The van der Waals surface area contributed by atoms with Gasteiger partial charge in [-0.15, -0.1) is 5.10 Å². The molecule has 1 aliphatic heterocycles. The molecule has 0 saturated carbocycles. The van der Waals surface area contributed by atoms with Gasteiger partial charge in [-0.3, -0.25) is 4.79 Å². The maximum Gasteiger partial charge on any atom is 0.300 e. The zero-order valence-electron chi connectivity index (χ0n) is 22.5. The summed E-state index contributed by atoms with van der Waals surface area (Å²) in [5.74, 6) is -3.10. The van der Waals surface area contributed by atoms with Gasteiger partial charge in [0.15, 0.2) is 11.4 Å². The Morgan fingerprint density at radius 1 is 1.19 bits per heavy atom. The summed E-state index contributed by atoms with van der Waals surface area (Å²) in [5, 5.41) is 23.7. The van der Waals surface area contributed by atoms with Crippen molar-refractivity contribution in [2.75, 3.05) is 24.4 Å². The standard InChI is InChI=1S/C28H34F2N4O3/c1-9-27(37-8)22-13-20-19(14-23(22)34(7)25(27)35)17(4)32-33-24(20)31-16(3)18-11-10-12-21(15(18)2)28(29,30)26(5,6)36/h10-14,16,36H,9H2,1-8H3,(H,31,33)/t16-,27?/m1/s1. The molecule has 0 radical (unpaired) electrons. The molecule has 2 aromatic carbocycles. The molecule has 1 unspecified atom stereocenters. The van der Waals surface area contributed by atoms with Crippen LogP contribution in [0.25, 0.3) is 10.8 Å². The Hall–Kier alpha value is -3.17. The van der Waals surface area contributed by atoms with Crippen molar-refractivity contribution in [3.05, 3.63) is 58.3 Å². The van der Waals surface area contributed by atoms with Crippen LogP contribution in [-0.4, -0.2) is 41.0 Å². The van der Waals surface area contributed by atoms with Crippen molar-refractivity contribution in [1.29, 1.82) is 0 Å². The molecule has 0 aliphatic carbocycles. The molecular weight excluding hydrogens is 478 g/mol. The van der Waals surface area contributed by atoms with E-state index >= 15 is 8.78 Å². The number of amides is 1. The first-order chi connectivity index (χ1) is 17.2. The number of alkyl halides is 2. The number of likely N-dealkylation sites (N-methyl/N-ethyl adjacent to an activating group) is 1. The van der Waals surface area contributed by atoms with Crippen LogP contribution in [0.3, 0.4) is 0 Å². The average Bonchev–Trinajstić information content (AvgIpc) is 3.05. The van der Waals surface area contributed by atoms with E-state index in [9.17, 15) is 9.90 Å². The van der Waals surface area contributed by atoms with E-state index in [0.717, 1.165) is 35.9 Å². The molecule has 1 aromatic heterocycles. The number of halogens is 2. The molecule has 4 rings (SSSR count). The van der Waals surface area contributed by atoms with Crippen molar-refractivity contribution in [2.45, 2.75) is 71.1 Å². The number of benzene rings is 2. The minimum Gasteiger partial charge on any atom is -0.384 e. The molecule has 2 N–H and O–H groups in total. The number of hydrogen-bond donors (Lipinski definition) is 2. The molecule has 1 amide bonds. The normalized spacial score (nSPS) is 18.9. The molecule has 37 heavy (non-hydrogen) atoms. The van der Waals surface area contributed by atoms with Crippen molar-refractivity contribution in [3.8, 4) is 0 Å². The third kappa shape index (κ3) is 3.95. The second-order valence-corrected chi connectivity index (χ2v) is 10.3. The lowest BCUT2D eigenvalue weighted by Gasteiger charge is -2.31. The van der Waals surface area contributed by atoms with E-state index < -0.39 is 23.2 Å². The SMILES string of the molecule is CCC1(OC)C(=O)N(C)c2cc3c(C)nnc(N[C@H](C)c4cccc(C(F)(F)C(C)(C)O)c4C)c3cc21. The average molecular weight is 513 g/mol. The summed E-state index contributed by atoms with van der Waals surface area (Å²) in [7, 11) is 3.26. The van der Waals surface area contributed by atoms with Gasteiger partial charge in [-0.05, 0) is 64.3 Å². The molecule has 7 nitrogen and oxygen atoms in total. The summed E-state index contributed by atoms with van der Waals surface area (Å²) in [4.78, 5) is 14.8. The van der Waals surface area contributed by atoms with Crippen LogP contribution < -0.4 is 10.2 Å². The number of rotatable bonds is 7. The smallest absolute Gasteiger partial charge is 0.300 e. The van der Waals surface area contributed by atoms with Gasteiger partial charge >= 0.3 is 5.92 Å². The molecule has 2 heterocycles. The van der Waals surface area contributed by atoms with Crippen LogP contribution in [0.4, 0.5) is 20.3 Å². The van der Waals surface area contributed by atoms with E-state index in [4.69, 9.17) is 4.74 Å². The number of nitrogens with zero attached hydrogens (tertiary/aromatic N) is 3. The van der Waals surface area contributed by atoms with Crippen LogP contribution in [0.15, 0.2) is 30.3 Å². The topological polar surface area (TPSA) is 87.6 Å². The number of methoxy groups -OCH3 is 1. The number of hydrogen-bond acceptors (Lipinski definition) is 6. The number of carbonyl (C=O) groups excluding carboxylic acids is 1. The Kier molecular flexibility index (Phi) is 6.53. The first-order valence-electron chi connectivity index (χ1n) is 12.3. The van der Waals surface area contributed by atoms with Crippen LogP contribution in [0.2, 0.25) is 0 Å². The monoisotopic (exact) mass is 512 g/mol. The Morgan fingerprint density at radius 3 is 2.46 bits per heavy atom.